The molecule has 4 heterocycles. The molecule has 0 unspecified atom stereocenters. The average Bonchev–Trinajstić information content (AvgIpc) is 3.03. The van der Waals surface area contributed by atoms with Crippen molar-refractivity contribution < 1.29 is 0 Å². The maximum absolute atomic E-state index is 5.87. The number of piperidine rings is 1. The van der Waals surface area contributed by atoms with Crippen molar-refractivity contribution in [3.8, 4) is 0 Å². The predicted octanol–water partition coefficient (Wildman–Crippen LogP) is 2.52. The SMILES string of the molecule is CN(c1ncc(Cl)cn1)C1CCN(c2ncnc3c2ccn3C)CC1. The fraction of sp³-hybridized carbons (Fsp3) is 0.412. The largest absolute Gasteiger partial charge is 0.356 e. The van der Waals surface area contributed by atoms with E-state index in [1.54, 1.807) is 18.7 Å². The van der Waals surface area contributed by atoms with E-state index < -0.39 is 0 Å². The lowest BCUT2D eigenvalue weighted by Gasteiger charge is -2.37. The first-order valence-corrected chi connectivity index (χ1v) is 8.72. The van der Waals surface area contributed by atoms with E-state index in [-0.39, 0.29) is 0 Å². The average molecular weight is 358 g/mol. The fourth-order valence-corrected chi connectivity index (χ4v) is 3.53. The summed E-state index contributed by atoms with van der Waals surface area (Å²) in [6, 6.07) is 2.50. The van der Waals surface area contributed by atoms with Crippen LogP contribution in [0.5, 0.6) is 0 Å². The topological polar surface area (TPSA) is 63.0 Å². The molecule has 0 spiro atoms. The van der Waals surface area contributed by atoms with Crippen LogP contribution in [-0.4, -0.2) is 50.7 Å². The molecule has 0 amide bonds. The Kier molecular flexibility index (Phi) is 4.17. The first kappa shape index (κ1) is 16.1. The molecule has 3 aromatic heterocycles. The third-order valence-corrected chi connectivity index (χ3v) is 5.07. The minimum Gasteiger partial charge on any atom is -0.356 e. The maximum atomic E-state index is 5.87. The zero-order chi connectivity index (χ0) is 17.4. The van der Waals surface area contributed by atoms with E-state index in [2.05, 4.69) is 35.8 Å². The summed E-state index contributed by atoms with van der Waals surface area (Å²) in [5.41, 5.74) is 0.971. The minimum atomic E-state index is 0.408. The number of anilines is 2. The maximum Gasteiger partial charge on any atom is 0.225 e. The Labute approximate surface area is 151 Å². The van der Waals surface area contributed by atoms with Crippen molar-refractivity contribution in [1.82, 2.24) is 24.5 Å². The Bertz CT molecular complexity index is 868. The molecule has 3 aromatic rings. The van der Waals surface area contributed by atoms with Crippen molar-refractivity contribution >= 4 is 34.4 Å². The highest BCUT2D eigenvalue weighted by molar-refractivity contribution is 6.30. The smallest absolute Gasteiger partial charge is 0.225 e. The number of halogens is 1. The number of aromatic nitrogens is 5. The van der Waals surface area contributed by atoms with Gasteiger partial charge in [-0.1, -0.05) is 11.6 Å². The summed E-state index contributed by atoms with van der Waals surface area (Å²) in [7, 11) is 4.05. The molecular weight excluding hydrogens is 338 g/mol. The number of nitrogens with zero attached hydrogens (tertiary/aromatic N) is 7. The van der Waals surface area contributed by atoms with Crippen LogP contribution in [-0.2, 0) is 7.05 Å². The third kappa shape index (κ3) is 3.00. The van der Waals surface area contributed by atoms with E-state index in [1.807, 2.05) is 24.9 Å². The second-order valence-electron chi connectivity index (χ2n) is 6.39. The quantitative estimate of drug-likeness (QED) is 0.717. The molecule has 0 bridgehead atoms. The minimum absolute atomic E-state index is 0.408. The molecule has 0 radical (unpaired) electrons. The molecule has 7 nitrogen and oxygen atoms in total. The summed E-state index contributed by atoms with van der Waals surface area (Å²) in [5.74, 6) is 1.74. The first-order valence-electron chi connectivity index (χ1n) is 8.35. The van der Waals surface area contributed by atoms with E-state index >= 15 is 0 Å². The lowest BCUT2D eigenvalue weighted by atomic mass is 10.0. The summed E-state index contributed by atoms with van der Waals surface area (Å²) in [5, 5.41) is 1.67. The van der Waals surface area contributed by atoms with Gasteiger partial charge >= 0.3 is 0 Å². The van der Waals surface area contributed by atoms with Crippen molar-refractivity contribution in [1.29, 1.82) is 0 Å². The van der Waals surface area contributed by atoms with E-state index in [0.717, 1.165) is 48.7 Å². The van der Waals surface area contributed by atoms with Crippen LogP contribution >= 0.6 is 11.6 Å². The first-order chi connectivity index (χ1) is 12.1. The number of hydrogen-bond acceptors (Lipinski definition) is 6. The summed E-state index contributed by atoms with van der Waals surface area (Å²) in [4.78, 5) is 22.0. The summed E-state index contributed by atoms with van der Waals surface area (Å²) < 4.78 is 2.03. The molecule has 0 N–H and O–H groups in total. The molecule has 0 aromatic carbocycles. The van der Waals surface area contributed by atoms with Gasteiger partial charge in [-0.15, -0.1) is 0 Å². The van der Waals surface area contributed by atoms with Crippen molar-refractivity contribution in [3.05, 3.63) is 36.0 Å². The highest BCUT2D eigenvalue weighted by atomic mass is 35.5. The molecule has 1 fully saturated rings. The number of rotatable bonds is 3. The fourth-order valence-electron chi connectivity index (χ4n) is 3.43. The second-order valence-corrected chi connectivity index (χ2v) is 6.83. The standard InChI is InChI=1S/C17H20ClN7/c1-23-6-5-14-15(23)21-11-22-16(14)25-7-3-13(4-8-25)24(2)17-19-9-12(18)10-20-17/h5-6,9-11,13H,3-4,7-8H2,1-2H3. The van der Waals surface area contributed by atoms with Gasteiger partial charge in [0.15, 0.2) is 0 Å². The molecule has 130 valence electrons. The van der Waals surface area contributed by atoms with Gasteiger partial charge in [0.2, 0.25) is 5.95 Å². The van der Waals surface area contributed by atoms with Crippen LogP contribution in [0.15, 0.2) is 31.0 Å². The molecule has 0 atom stereocenters. The van der Waals surface area contributed by atoms with Crippen LogP contribution in [0.1, 0.15) is 12.8 Å². The molecular formula is C17H20ClN7. The lowest BCUT2D eigenvalue weighted by Crippen LogP contribution is -2.44. The van der Waals surface area contributed by atoms with Crippen molar-refractivity contribution in [3.63, 3.8) is 0 Å². The van der Waals surface area contributed by atoms with Gasteiger partial charge in [0.1, 0.15) is 17.8 Å². The Hall–Kier alpha value is -2.41. The van der Waals surface area contributed by atoms with E-state index in [4.69, 9.17) is 11.6 Å². The van der Waals surface area contributed by atoms with Crippen LogP contribution in [0, 0.1) is 0 Å². The van der Waals surface area contributed by atoms with Gasteiger partial charge in [0.25, 0.3) is 0 Å². The van der Waals surface area contributed by atoms with Crippen LogP contribution in [0.2, 0.25) is 5.02 Å². The lowest BCUT2D eigenvalue weighted by molar-refractivity contribution is 0.476. The van der Waals surface area contributed by atoms with Gasteiger partial charge in [0, 0.05) is 39.4 Å². The molecule has 0 saturated carbocycles. The number of fused-ring (bicyclic) bond motifs is 1. The summed E-state index contributed by atoms with van der Waals surface area (Å²) in [6.45, 7) is 1.90. The molecule has 1 saturated heterocycles. The third-order valence-electron chi connectivity index (χ3n) is 4.87. The van der Waals surface area contributed by atoms with Crippen molar-refractivity contribution in [2.75, 3.05) is 29.9 Å². The second kappa shape index (κ2) is 6.48. The summed E-state index contributed by atoms with van der Waals surface area (Å²) >= 11 is 5.87. The van der Waals surface area contributed by atoms with Crippen molar-refractivity contribution in [2.24, 2.45) is 7.05 Å². The van der Waals surface area contributed by atoms with Crippen LogP contribution in [0.25, 0.3) is 11.0 Å². The number of aryl methyl sites for hydroxylation is 1. The van der Waals surface area contributed by atoms with Gasteiger partial charge < -0.3 is 14.4 Å². The van der Waals surface area contributed by atoms with Gasteiger partial charge in [-0.25, -0.2) is 19.9 Å². The molecule has 0 aliphatic carbocycles. The molecule has 25 heavy (non-hydrogen) atoms. The Morgan fingerprint density at radius 1 is 1.12 bits per heavy atom. The Balaban J connectivity index is 1.48. The highest BCUT2D eigenvalue weighted by Crippen LogP contribution is 2.27. The van der Waals surface area contributed by atoms with Gasteiger partial charge in [-0.3, -0.25) is 0 Å². The van der Waals surface area contributed by atoms with Crippen LogP contribution < -0.4 is 9.80 Å². The Morgan fingerprint density at radius 3 is 2.56 bits per heavy atom. The van der Waals surface area contributed by atoms with Crippen LogP contribution in [0.4, 0.5) is 11.8 Å². The van der Waals surface area contributed by atoms with Crippen LogP contribution in [0.3, 0.4) is 0 Å². The van der Waals surface area contributed by atoms with Gasteiger partial charge in [0.05, 0.1) is 22.8 Å². The van der Waals surface area contributed by atoms with E-state index in [0.29, 0.717) is 11.1 Å². The molecule has 4 rings (SSSR count). The molecule has 8 heteroatoms. The Morgan fingerprint density at radius 2 is 1.84 bits per heavy atom. The van der Waals surface area contributed by atoms with E-state index in [9.17, 15) is 0 Å². The summed E-state index contributed by atoms with van der Waals surface area (Å²) in [6.07, 6.45) is 9.02. The molecule has 1 aliphatic rings. The number of hydrogen-bond donors (Lipinski definition) is 0. The zero-order valence-electron chi connectivity index (χ0n) is 14.3. The predicted molar refractivity (Wildman–Crippen MR) is 99.2 cm³/mol. The highest BCUT2D eigenvalue weighted by Gasteiger charge is 2.25. The monoisotopic (exact) mass is 357 g/mol. The van der Waals surface area contributed by atoms with E-state index in [1.165, 1.54) is 0 Å². The van der Waals surface area contributed by atoms with Crippen molar-refractivity contribution in [2.45, 2.75) is 18.9 Å². The molecule has 1 aliphatic heterocycles. The zero-order valence-corrected chi connectivity index (χ0v) is 15.1. The normalized spacial score (nSPS) is 15.7. The van der Waals surface area contributed by atoms with Gasteiger partial charge in [-0.2, -0.15) is 0 Å². The van der Waals surface area contributed by atoms with Gasteiger partial charge in [-0.05, 0) is 18.9 Å².